The summed E-state index contributed by atoms with van der Waals surface area (Å²) in [5.41, 5.74) is 0.170. The Balaban J connectivity index is 1.86. The van der Waals surface area contributed by atoms with Crippen LogP contribution in [0.4, 0.5) is 0 Å². The third kappa shape index (κ3) is 2.75. The number of methoxy groups -OCH3 is 1. The van der Waals surface area contributed by atoms with Crippen molar-refractivity contribution >= 4 is 11.9 Å². The van der Waals surface area contributed by atoms with E-state index in [0.717, 1.165) is 18.4 Å². The summed E-state index contributed by atoms with van der Waals surface area (Å²) in [7, 11) is 1.33. The first kappa shape index (κ1) is 13.5. The molecule has 0 spiro atoms. The quantitative estimate of drug-likeness (QED) is 0.637. The lowest BCUT2D eigenvalue weighted by Gasteiger charge is -2.37. The highest BCUT2D eigenvalue weighted by molar-refractivity contribution is 6.03. The van der Waals surface area contributed by atoms with E-state index in [4.69, 9.17) is 4.74 Å². The normalized spacial score (nSPS) is 16.3. The number of nitrogens with one attached hydrogen (secondary N) is 1. The van der Waals surface area contributed by atoms with Gasteiger partial charge >= 0.3 is 5.97 Å². The van der Waals surface area contributed by atoms with E-state index in [2.05, 4.69) is 10.3 Å². The third-order valence-electron chi connectivity index (χ3n) is 3.67. The summed E-state index contributed by atoms with van der Waals surface area (Å²) in [6.07, 6.45) is 6.23. The van der Waals surface area contributed by atoms with Crippen LogP contribution in [0.2, 0.25) is 0 Å². The molecule has 1 N–H and O–H groups in total. The van der Waals surface area contributed by atoms with Crippen LogP contribution in [0.1, 0.15) is 24.8 Å². The van der Waals surface area contributed by atoms with Gasteiger partial charge in [0.05, 0.1) is 7.11 Å². The van der Waals surface area contributed by atoms with Crippen LogP contribution in [-0.4, -0.2) is 30.5 Å². The number of nitrogens with zero attached hydrogens (tertiary/aromatic N) is 1. The number of esters is 1. The second kappa shape index (κ2) is 5.82. The van der Waals surface area contributed by atoms with E-state index in [1.165, 1.54) is 7.11 Å². The molecule has 0 radical (unpaired) electrons. The molecular weight excluding hydrogens is 244 g/mol. The van der Waals surface area contributed by atoms with Crippen molar-refractivity contribution in [2.45, 2.75) is 25.7 Å². The van der Waals surface area contributed by atoms with Crippen LogP contribution in [0, 0.1) is 5.41 Å². The molecule has 1 aromatic rings. The Hall–Kier alpha value is -1.91. The number of ether oxygens (including phenoxy) is 1. The van der Waals surface area contributed by atoms with Gasteiger partial charge in [-0.25, -0.2) is 0 Å². The second-order valence-corrected chi connectivity index (χ2v) is 4.79. The molecule has 0 atom stereocenters. The smallest absolute Gasteiger partial charge is 0.321 e. The van der Waals surface area contributed by atoms with Gasteiger partial charge in [-0.3, -0.25) is 14.6 Å². The Morgan fingerprint density at radius 2 is 2.05 bits per heavy atom. The van der Waals surface area contributed by atoms with Gasteiger partial charge in [-0.1, -0.05) is 6.42 Å². The van der Waals surface area contributed by atoms with Gasteiger partial charge in [-0.15, -0.1) is 0 Å². The maximum absolute atomic E-state index is 12.1. The topological polar surface area (TPSA) is 68.3 Å². The highest BCUT2D eigenvalue weighted by atomic mass is 16.5. The molecule has 5 nitrogen and oxygen atoms in total. The van der Waals surface area contributed by atoms with Crippen molar-refractivity contribution in [1.29, 1.82) is 0 Å². The third-order valence-corrected chi connectivity index (χ3v) is 3.67. The predicted molar refractivity (Wildman–Crippen MR) is 69.3 cm³/mol. The molecule has 102 valence electrons. The zero-order valence-corrected chi connectivity index (χ0v) is 11.0. The minimum absolute atomic E-state index is 0.209. The first-order valence-corrected chi connectivity index (χ1v) is 6.45. The molecule has 5 heteroatoms. The summed E-state index contributed by atoms with van der Waals surface area (Å²) in [5.74, 6) is -0.625. The van der Waals surface area contributed by atoms with Gasteiger partial charge in [0, 0.05) is 18.9 Å². The minimum atomic E-state index is -0.938. The van der Waals surface area contributed by atoms with Gasteiger partial charge in [0.15, 0.2) is 0 Å². The average molecular weight is 262 g/mol. The van der Waals surface area contributed by atoms with Gasteiger partial charge in [0.1, 0.15) is 5.41 Å². The number of carbonyl (C=O) groups excluding carboxylic acids is 2. The SMILES string of the molecule is COC(=O)C1(C(=O)NCCc2ccncc2)CCC1. The van der Waals surface area contributed by atoms with E-state index in [1.54, 1.807) is 12.4 Å². The molecule has 0 saturated heterocycles. The first-order chi connectivity index (χ1) is 9.19. The van der Waals surface area contributed by atoms with Crippen LogP contribution in [0.3, 0.4) is 0 Å². The Kier molecular flexibility index (Phi) is 4.14. The number of hydrogen-bond acceptors (Lipinski definition) is 4. The number of rotatable bonds is 5. The van der Waals surface area contributed by atoms with Crippen molar-refractivity contribution in [3.05, 3.63) is 30.1 Å². The fraction of sp³-hybridized carbons (Fsp3) is 0.500. The summed E-state index contributed by atoms with van der Waals surface area (Å²) in [4.78, 5) is 27.7. The van der Waals surface area contributed by atoms with E-state index in [9.17, 15) is 9.59 Å². The molecule has 1 saturated carbocycles. The van der Waals surface area contributed by atoms with Crippen LogP contribution >= 0.6 is 0 Å². The summed E-state index contributed by atoms with van der Waals surface area (Å²) < 4.78 is 4.74. The molecule has 0 aliphatic heterocycles. The van der Waals surface area contributed by atoms with E-state index in [1.807, 2.05) is 12.1 Å². The highest BCUT2D eigenvalue weighted by Crippen LogP contribution is 2.42. The van der Waals surface area contributed by atoms with E-state index < -0.39 is 11.4 Å². The number of hydrogen-bond donors (Lipinski definition) is 1. The van der Waals surface area contributed by atoms with Crippen molar-refractivity contribution in [2.75, 3.05) is 13.7 Å². The monoisotopic (exact) mass is 262 g/mol. The molecular formula is C14H18N2O3. The van der Waals surface area contributed by atoms with Crippen molar-refractivity contribution in [3.63, 3.8) is 0 Å². The Morgan fingerprint density at radius 1 is 1.37 bits per heavy atom. The predicted octanol–water partition coefficient (Wildman–Crippen LogP) is 1.08. The Labute approximate surface area is 112 Å². The summed E-state index contributed by atoms with van der Waals surface area (Å²) in [6.45, 7) is 0.515. The minimum Gasteiger partial charge on any atom is -0.468 e. The van der Waals surface area contributed by atoms with Crippen molar-refractivity contribution in [2.24, 2.45) is 5.41 Å². The molecule has 1 aromatic heterocycles. The highest BCUT2D eigenvalue weighted by Gasteiger charge is 2.51. The largest absolute Gasteiger partial charge is 0.468 e. The van der Waals surface area contributed by atoms with Crippen LogP contribution in [0.5, 0.6) is 0 Å². The molecule has 0 unspecified atom stereocenters. The number of amides is 1. The average Bonchev–Trinajstić information content (AvgIpc) is 2.38. The van der Waals surface area contributed by atoms with Crippen molar-refractivity contribution < 1.29 is 14.3 Å². The van der Waals surface area contributed by atoms with Gasteiger partial charge in [0.25, 0.3) is 0 Å². The second-order valence-electron chi connectivity index (χ2n) is 4.79. The molecule has 2 rings (SSSR count). The van der Waals surface area contributed by atoms with Crippen molar-refractivity contribution in [3.8, 4) is 0 Å². The maximum Gasteiger partial charge on any atom is 0.321 e. The lowest BCUT2D eigenvalue weighted by atomic mass is 9.68. The van der Waals surface area contributed by atoms with Crippen LogP contribution < -0.4 is 5.32 Å². The summed E-state index contributed by atoms with van der Waals surface area (Å²) in [6, 6.07) is 3.82. The Morgan fingerprint density at radius 3 is 2.58 bits per heavy atom. The Bertz CT molecular complexity index is 455. The molecule has 1 heterocycles. The van der Waals surface area contributed by atoms with Crippen molar-refractivity contribution in [1.82, 2.24) is 10.3 Å². The van der Waals surface area contributed by atoms with Gasteiger partial charge in [0.2, 0.25) is 5.91 Å². The van der Waals surface area contributed by atoms with E-state index in [0.29, 0.717) is 19.4 Å². The number of carbonyl (C=O) groups is 2. The van der Waals surface area contributed by atoms with E-state index in [-0.39, 0.29) is 5.91 Å². The first-order valence-electron chi connectivity index (χ1n) is 6.45. The number of aromatic nitrogens is 1. The van der Waals surface area contributed by atoms with Gasteiger partial charge < -0.3 is 10.1 Å². The fourth-order valence-corrected chi connectivity index (χ4v) is 2.29. The molecule has 1 aliphatic carbocycles. The molecule has 1 fully saturated rings. The molecule has 0 aromatic carbocycles. The zero-order valence-electron chi connectivity index (χ0n) is 11.0. The molecule has 0 bridgehead atoms. The van der Waals surface area contributed by atoms with Crippen LogP contribution in [0.15, 0.2) is 24.5 Å². The summed E-state index contributed by atoms with van der Waals surface area (Å²) in [5, 5.41) is 2.83. The number of pyridine rings is 1. The zero-order chi connectivity index (χ0) is 13.7. The van der Waals surface area contributed by atoms with Gasteiger partial charge in [-0.05, 0) is 37.0 Å². The van der Waals surface area contributed by atoms with Crippen LogP contribution in [0.25, 0.3) is 0 Å². The lowest BCUT2D eigenvalue weighted by Crippen LogP contribution is -2.51. The lowest BCUT2D eigenvalue weighted by molar-refractivity contribution is -0.165. The molecule has 1 amide bonds. The molecule has 1 aliphatic rings. The van der Waals surface area contributed by atoms with Gasteiger partial charge in [-0.2, -0.15) is 0 Å². The molecule has 19 heavy (non-hydrogen) atoms. The fourth-order valence-electron chi connectivity index (χ4n) is 2.29. The maximum atomic E-state index is 12.1. The van der Waals surface area contributed by atoms with Crippen LogP contribution in [-0.2, 0) is 20.7 Å². The van der Waals surface area contributed by atoms with E-state index >= 15 is 0 Å². The summed E-state index contributed by atoms with van der Waals surface area (Å²) >= 11 is 0. The standard InChI is InChI=1S/C14H18N2O3/c1-19-13(18)14(6-2-7-14)12(17)16-10-5-11-3-8-15-9-4-11/h3-4,8-9H,2,5-7,10H2,1H3,(H,16,17).